The van der Waals surface area contributed by atoms with Gasteiger partial charge in [-0.3, -0.25) is 0 Å². The molecule has 1 aromatic rings. The zero-order chi connectivity index (χ0) is 13.2. The summed E-state index contributed by atoms with van der Waals surface area (Å²) in [5.41, 5.74) is 8.53. The van der Waals surface area contributed by atoms with Crippen LogP contribution >= 0.6 is 11.3 Å². The minimum absolute atomic E-state index is 0.318. The topological polar surface area (TPSA) is 49.8 Å². The van der Waals surface area contributed by atoms with Crippen LogP contribution in [0.1, 0.15) is 67.7 Å². The van der Waals surface area contributed by atoms with Gasteiger partial charge in [0, 0.05) is 10.3 Å². The number of nitriles is 1. The quantitative estimate of drug-likeness (QED) is 0.875. The van der Waals surface area contributed by atoms with Gasteiger partial charge in [0.2, 0.25) is 0 Å². The van der Waals surface area contributed by atoms with Crippen molar-refractivity contribution in [3.8, 4) is 6.07 Å². The third-order valence-corrected chi connectivity index (χ3v) is 5.77. The molecule has 1 aliphatic rings. The average molecular weight is 262 g/mol. The lowest BCUT2D eigenvalue weighted by atomic mass is 9.79. The van der Waals surface area contributed by atoms with Gasteiger partial charge in [0.1, 0.15) is 10.9 Å². The van der Waals surface area contributed by atoms with Gasteiger partial charge in [-0.2, -0.15) is 5.26 Å². The highest BCUT2D eigenvalue weighted by molar-refractivity contribution is 7.13. The molecule has 1 aliphatic carbocycles. The van der Waals surface area contributed by atoms with E-state index in [-0.39, 0.29) is 0 Å². The predicted molar refractivity (Wildman–Crippen MR) is 77.9 cm³/mol. The van der Waals surface area contributed by atoms with E-state index in [2.05, 4.69) is 19.9 Å². The Morgan fingerprint density at radius 2 is 2.00 bits per heavy atom. The minimum atomic E-state index is 0.318. The number of rotatable bonds is 4. The molecule has 1 aromatic heterocycles. The second-order valence-corrected chi connectivity index (χ2v) is 6.38. The van der Waals surface area contributed by atoms with E-state index < -0.39 is 0 Å². The zero-order valence-corrected chi connectivity index (χ0v) is 12.2. The first kappa shape index (κ1) is 13.4. The fraction of sp³-hybridized carbons (Fsp3) is 0.667. The summed E-state index contributed by atoms with van der Waals surface area (Å²) in [7, 11) is 0. The van der Waals surface area contributed by atoms with E-state index in [9.17, 15) is 5.26 Å². The monoisotopic (exact) mass is 262 g/mol. The van der Waals surface area contributed by atoms with Crippen LogP contribution in [0.2, 0.25) is 0 Å². The van der Waals surface area contributed by atoms with Crippen LogP contribution in [-0.4, -0.2) is 0 Å². The second kappa shape index (κ2) is 5.32. The fourth-order valence-corrected chi connectivity index (χ4v) is 4.66. The zero-order valence-electron chi connectivity index (χ0n) is 11.4. The molecule has 0 atom stereocenters. The van der Waals surface area contributed by atoms with Crippen LogP contribution in [0, 0.1) is 11.3 Å². The Bertz CT molecular complexity index is 462. The molecule has 0 aromatic carbocycles. The van der Waals surface area contributed by atoms with Gasteiger partial charge < -0.3 is 5.73 Å². The first-order valence-electron chi connectivity index (χ1n) is 7.00. The average Bonchev–Trinajstić information content (AvgIpc) is 2.97. The highest BCUT2D eigenvalue weighted by Crippen LogP contribution is 2.50. The second-order valence-electron chi connectivity index (χ2n) is 5.36. The Balaban J connectivity index is 2.52. The summed E-state index contributed by atoms with van der Waals surface area (Å²) in [5.74, 6) is 0. The fourth-order valence-electron chi connectivity index (χ4n) is 3.28. The van der Waals surface area contributed by atoms with Crippen molar-refractivity contribution in [2.75, 3.05) is 5.73 Å². The van der Waals surface area contributed by atoms with Crippen molar-refractivity contribution in [1.29, 1.82) is 5.26 Å². The molecule has 0 bridgehead atoms. The molecule has 2 nitrogen and oxygen atoms in total. The first-order chi connectivity index (χ1) is 8.68. The van der Waals surface area contributed by atoms with Crippen LogP contribution in [0.5, 0.6) is 0 Å². The molecule has 1 fully saturated rings. The van der Waals surface area contributed by atoms with Crippen molar-refractivity contribution in [1.82, 2.24) is 0 Å². The van der Waals surface area contributed by atoms with E-state index in [1.165, 1.54) is 42.5 Å². The van der Waals surface area contributed by atoms with Gasteiger partial charge in [0.05, 0.1) is 5.69 Å². The van der Waals surface area contributed by atoms with Crippen molar-refractivity contribution < 1.29 is 0 Å². The Morgan fingerprint density at radius 1 is 1.33 bits per heavy atom. The smallest absolute Gasteiger partial charge is 0.128 e. The van der Waals surface area contributed by atoms with E-state index in [0.29, 0.717) is 5.41 Å². The molecule has 1 saturated carbocycles. The Morgan fingerprint density at radius 3 is 2.50 bits per heavy atom. The van der Waals surface area contributed by atoms with Crippen molar-refractivity contribution in [2.24, 2.45) is 0 Å². The van der Waals surface area contributed by atoms with Crippen LogP contribution in [0.25, 0.3) is 0 Å². The molecule has 0 amide bonds. The highest BCUT2D eigenvalue weighted by atomic mass is 32.1. The number of nitrogens with zero attached hydrogens (tertiary/aromatic N) is 1. The van der Waals surface area contributed by atoms with Gasteiger partial charge in [0.15, 0.2) is 0 Å². The molecule has 18 heavy (non-hydrogen) atoms. The van der Waals surface area contributed by atoms with Gasteiger partial charge in [-0.1, -0.05) is 33.1 Å². The maximum absolute atomic E-state index is 9.20. The van der Waals surface area contributed by atoms with Crippen LogP contribution < -0.4 is 5.73 Å². The number of thiophene rings is 1. The highest BCUT2D eigenvalue weighted by Gasteiger charge is 2.38. The number of hydrogen-bond donors (Lipinski definition) is 1. The summed E-state index contributed by atoms with van der Waals surface area (Å²) in [6.45, 7) is 4.46. The van der Waals surface area contributed by atoms with Crippen LogP contribution in [-0.2, 0) is 11.8 Å². The maximum atomic E-state index is 9.20. The maximum Gasteiger partial charge on any atom is 0.128 e. The third-order valence-electron chi connectivity index (χ3n) is 4.37. The summed E-state index contributed by atoms with van der Waals surface area (Å²) in [6.07, 6.45) is 8.46. The predicted octanol–water partition coefficient (Wildman–Crippen LogP) is 4.38. The molecule has 0 aliphatic heterocycles. The summed E-state index contributed by atoms with van der Waals surface area (Å²) in [6, 6.07) is 2.27. The standard InChI is InChI=1S/C15H22N2S/c1-3-7-11-13(17)12(10-16)18-14(11)15(4-2)8-5-6-9-15/h3-9,17H2,1-2H3. The molecule has 1 heterocycles. The lowest BCUT2D eigenvalue weighted by molar-refractivity contribution is 0.430. The molecule has 0 saturated heterocycles. The van der Waals surface area contributed by atoms with Crippen molar-refractivity contribution in [3.63, 3.8) is 0 Å². The number of hydrogen-bond acceptors (Lipinski definition) is 3. The summed E-state index contributed by atoms with van der Waals surface area (Å²) in [5, 5.41) is 9.20. The molecule has 0 radical (unpaired) electrons. The van der Waals surface area contributed by atoms with E-state index in [1.807, 2.05) is 0 Å². The van der Waals surface area contributed by atoms with E-state index in [1.54, 1.807) is 11.3 Å². The largest absolute Gasteiger partial charge is 0.397 e. The van der Waals surface area contributed by atoms with Crippen molar-refractivity contribution in [2.45, 2.75) is 64.2 Å². The third kappa shape index (κ3) is 2.03. The molecule has 98 valence electrons. The summed E-state index contributed by atoms with van der Waals surface area (Å²) >= 11 is 1.66. The van der Waals surface area contributed by atoms with Crippen molar-refractivity contribution in [3.05, 3.63) is 15.3 Å². The number of anilines is 1. The minimum Gasteiger partial charge on any atom is -0.397 e. The SMILES string of the molecule is CCCc1c(C2(CC)CCCC2)sc(C#N)c1N. The van der Waals surface area contributed by atoms with E-state index in [0.717, 1.165) is 23.4 Å². The van der Waals surface area contributed by atoms with Crippen LogP contribution in [0.3, 0.4) is 0 Å². The Kier molecular flexibility index (Phi) is 3.97. The molecular weight excluding hydrogens is 240 g/mol. The lowest BCUT2D eigenvalue weighted by Gasteiger charge is -2.28. The van der Waals surface area contributed by atoms with Gasteiger partial charge in [-0.05, 0) is 31.2 Å². The molecular formula is C15H22N2S. The van der Waals surface area contributed by atoms with Gasteiger partial charge in [-0.15, -0.1) is 11.3 Å². The lowest BCUT2D eigenvalue weighted by Crippen LogP contribution is -2.21. The van der Waals surface area contributed by atoms with E-state index in [4.69, 9.17) is 5.73 Å². The van der Waals surface area contributed by atoms with Gasteiger partial charge in [-0.25, -0.2) is 0 Å². The molecule has 3 heteroatoms. The number of nitrogen functional groups attached to an aromatic ring is 1. The summed E-state index contributed by atoms with van der Waals surface area (Å²) in [4.78, 5) is 2.16. The van der Waals surface area contributed by atoms with E-state index >= 15 is 0 Å². The first-order valence-corrected chi connectivity index (χ1v) is 7.82. The van der Waals surface area contributed by atoms with Crippen LogP contribution in [0.15, 0.2) is 0 Å². The van der Waals surface area contributed by atoms with Crippen molar-refractivity contribution >= 4 is 17.0 Å². The molecule has 2 N–H and O–H groups in total. The van der Waals surface area contributed by atoms with Gasteiger partial charge >= 0.3 is 0 Å². The normalized spacial score (nSPS) is 17.8. The molecule has 0 unspecified atom stereocenters. The van der Waals surface area contributed by atoms with Gasteiger partial charge in [0.25, 0.3) is 0 Å². The molecule has 0 spiro atoms. The summed E-state index contributed by atoms with van der Waals surface area (Å²) < 4.78 is 0. The van der Waals surface area contributed by atoms with Crippen LogP contribution in [0.4, 0.5) is 5.69 Å². The Labute approximate surface area is 114 Å². The molecule has 2 rings (SSSR count). The Hall–Kier alpha value is -1.01. The number of nitrogens with two attached hydrogens (primary N) is 1.